The molecule has 0 aliphatic rings. The summed E-state index contributed by atoms with van der Waals surface area (Å²) in [6, 6.07) is 35.2. The van der Waals surface area contributed by atoms with Gasteiger partial charge in [-0.05, 0) is 208 Å². The maximum atomic E-state index is 13.6. The third-order valence-corrected chi connectivity index (χ3v) is 12.7. The second kappa shape index (κ2) is 16.0. The van der Waals surface area contributed by atoms with E-state index < -0.39 is 9.84 Å². The van der Waals surface area contributed by atoms with Crippen LogP contribution in [0.15, 0.2) is 119 Å². The summed E-state index contributed by atoms with van der Waals surface area (Å²) in [5, 5.41) is 0. The first-order valence-electron chi connectivity index (χ1n) is 18.7. The third kappa shape index (κ3) is 8.58. The summed E-state index contributed by atoms with van der Waals surface area (Å²) >= 11 is 0. The van der Waals surface area contributed by atoms with Gasteiger partial charge in [0.05, 0.1) is 9.79 Å². The van der Waals surface area contributed by atoms with Crippen molar-refractivity contribution in [2.75, 3.05) is 0 Å². The van der Waals surface area contributed by atoms with Gasteiger partial charge in [0.15, 0.2) is 5.78 Å². The fourth-order valence-corrected chi connectivity index (χ4v) is 8.43. The highest BCUT2D eigenvalue weighted by atomic mass is 32.2. The van der Waals surface area contributed by atoms with Crippen molar-refractivity contribution in [3.05, 3.63) is 187 Å². The zero-order valence-electron chi connectivity index (χ0n) is 32.8. The van der Waals surface area contributed by atoms with Gasteiger partial charge >= 0.3 is 0 Å². The van der Waals surface area contributed by atoms with Gasteiger partial charge in [0.25, 0.3) is 0 Å². The highest BCUT2D eigenvalue weighted by molar-refractivity contribution is 7.91. The SMILES string of the molecule is Cc1ccc(Oc2ccc(CCc3ccc(C(=O)c4ccc(CCc5ccc(S(=O)(=O)c6ccc(C)c(C)c6)cc5C)c(C)c4)cc3C)c(C)c2)cc1C. The van der Waals surface area contributed by atoms with Crippen LogP contribution in [0.2, 0.25) is 0 Å². The van der Waals surface area contributed by atoms with E-state index in [0.717, 1.165) is 70.6 Å². The number of hydrogen-bond acceptors (Lipinski definition) is 4. The molecule has 0 unspecified atom stereocenters. The molecule has 0 saturated carbocycles. The molecule has 0 radical (unpaired) electrons. The van der Waals surface area contributed by atoms with Gasteiger partial charge in [-0.15, -0.1) is 0 Å². The average Bonchev–Trinajstić information content (AvgIpc) is 3.14. The number of ether oxygens (including phenoxy) is 1. The van der Waals surface area contributed by atoms with E-state index in [0.29, 0.717) is 20.9 Å². The van der Waals surface area contributed by atoms with Crippen LogP contribution in [0.3, 0.4) is 0 Å². The van der Waals surface area contributed by atoms with Crippen LogP contribution < -0.4 is 4.74 Å². The van der Waals surface area contributed by atoms with E-state index in [2.05, 4.69) is 71.0 Å². The first-order valence-corrected chi connectivity index (χ1v) is 20.2. The summed E-state index contributed by atoms with van der Waals surface area (Å²) in [5.41, 5.74) is 15.0. The van der Waals surface area contributed by atoms with Crippen molar-refractivity contribution in [1.82, 2.24) is 0 Å². The summed E-state index contributed by atoms with van der Waals surface area (Å²) < 4.78 is 32.8. The third-order valence-electron chi connectivity index (χ3n) is 11.0. The molecule has 0 bridgehead atoms. The van der Waals surface area contributed by atoms with Gasteiger partial charge in [-0.3, -0.25) is 4.79 Å². The van der Waals surface area contributed by atoms with Gasteiger partial charge in [0, 0.05) is 11.1 Å². The van der Waals surface area contributed by atoms with Gasteiger partial charge in [0.1, 0.15) is 11.5 Å². The number of benzene rings is 6. The maximum absolute atomic E-state index is 13.6. The highest BCUT2D eigenvalue weighted by Crippen LogP contribution is 2.28. The van der Waals surface area contributed by atoms with Gasteiger partial charge < -0.3 is 4.74 Å². The number of hydrogen-bond donors (Lipinski definition) is 0. The molecule has 276 valence electrons. The summed E-state index contributed by atoms with van der Waals surface area (Å²) in [4.78, 5) is 14.2. The number of rotatable bonds is 12. The molecular weight excluding hydrogens is 685 g/mol. The molecule has 0 amide bonds. The fraction of sp³-hybridized carbons (Fsp3) is 0.245. The van der Waals surface area contributed by atoms with Gasteiger partial charge in [0.2, 0.25) is 9.84 Å². The van der Waals surface area contributed by atoms with Crippen molar-refractivity contribution in [2.45, 2.75) is 90.9 Å². The van der Waals surface area contributed by atoms with Crippen molar-refractivity contribution >= 4 is 15.6 Å². The molecular formula is C49H50O4S. The molecule has 0 atom stereocenters. The zero-order valence-corrected chi connectivity index (χ0v) is 33.6. The number of carbonyl (C=O) groups is 1. The maximum Gasteiger partial charge on any atom is 0.206 e. The molecule has 0 saturated heterocycles. The molecule has 0 aliphatic heterocycles. The lowest BCUT2D eigenvalue weighted by atomic mass is 9.92. The van der Waals surface area contributed by atoms with E-state index in [-0.39, 0.29) is 5.78 Å². The van der Waals surface area contributed by atoms with Crippen LogP contribution in [0.5, 0.6) is 11.5 Å². The minimum atomic E-state index is -3.60. The molecule has 6 aromatic carbocycles. The molecule has 5 heteroatoms. The Bertz CT molecular complexity index is 2490. The number of ketones is 1. The Morgan fingerprint density at radius 1 is 0.407 bits per heavy atom. The molecule has 6 aromatic rings. The standard InChI is InChI=1S/C49H50O4S/c1-31-9-21-45(27-33(31)3)53-46-22-19-41(37(7)28-46)13-11-39-15-17-43(25-35(39)5)49(50)44-18-16-40(36(6)26-44)12-14-42-20-24-48(30-38(42)8)54(51,52)47-23-10-32(2)34(4)29-47/h9-10,15-30H,11-14H2,1-8H3. The van der Waals surface area contributed by atoms with Crippen LogP contribution in [-0.4, -0.2) is 14.2 Å². The first kappa shape index (κ1) is 38.5. The molecule has 0 aliphatic carbocycles. The summed E-state index contributed by atoms with van der Waals surface area (Å²) in [6.07, 6.45) is 3.35. The minimum Gasteiger partial charge on any atom is -0.457 e. The Morgan fingerprint density at radius 3 is 1.20 bits per heavy atom. The minimum absolute atomic E-state index is 0.0194. The number of carbonyl (C=O) groups excluding carboxylic acids is 1. The second-order valence-electron chi connectivity index (χ2n) is 14.9. The van der Waals surface area contributed by atoms with Crippen molar-refractivity contribution in [3.8, 4) is 11.5 Å². The van der Waals surface area contributed by atoms with Crippen molar-refractivity contribution < 1.29 is 17.9 Å². The monoisotopic (exact) mass is 734 g/mol. The van der Waals surface area contributed by atoms with E-state index >= 15 is 0 Å². The van der Waals surface area contributed by atoms with E-state index in [1.54, 1.807) is 24.3 Å². The van der Waals surface area contributed by atoms with Crippen LogP contribution in [-0.2, 0) is 35.5 Å². The van der Waals surface area contributed by atoms with Crippen LogP contribution in [0.25, 0.3) is 0 Å². The molecule has 4 nitrogen and oxygen atoms in total. The Hall–Kier alpha value is -5.26. The predicted octanol–water partition coefficient (Wildman–Crippen LogP) is 11.6. The Kier molecular flexibility index (Phi) is 11.4. The lowest BCUT2D eigenvalue weighted by Crippen LogP contribution is -2.06. The lowest BCUT2D eigenvalue weighted by Gasteiger charge is -2.13. The summed E-state index contributed by atoms with van der Waals surface area (Å²) in [6.45, 7) is 16.3. The largest absolute Gasteiger partial charge is 0.457 e. The molecule has 0 aromatic heterocycles. The second-order valence-corrected chi connectivity index (χ2v) is 16.8. The Labute approximate surface area is 321 Å². The summed E-state index contributed by atoms with van der Waals surface area (Å²) in [5.74, 6) is 1.71. The Balaban J connectivity index is 1.06. The van der Waals surface area contributed by atoms with Gasteiger partial charge in [-0.2, -0.15) is 0 Å². The molecule has 0 heterocycles. The first-order chi connectivity index (χ1) is 25.7. The molecule has 0 fully saturated rings. The van der Waals surface area contributed by atoms with Crippen molar-refractivity contribution in [2.24, 2.45) is 0 Å². The van der Waals surface area contributed by atoms with Crippen LogP contribution in [0, 0.1) is 55.4 Å². The summed E-state index contributed by atoms with van der Waals surface area (Å²) in [7, 11) is -3.60. The van der Waals surface area contributed by atoms with Crippen LogP contribution in [0.1, 0.15) is 82.7 Å². The fourth-order valence-electron chi connectivity index (χ4n) is 7.00. The lowest BCUT2D eigenvalue weighted by molar-refractivity contribution is 0.103. The normalized spacial score (nSPS) is 11.5. The van der Waals surface area contributed by atoms with Crippen LogP contribution >= 0.6 is 0 Å². The smallest absolute Gasteiger partial charge is 0.206 e. The number of sulfone groups is 1. The van der Waals surface area contributed by atoms with Gasteiger partial charge in [-0.1, -0.05) is 48.5 Å². The van der Waals surface area contributed by atoms with Gasteiger partial charge in [-0.25, -0.2) is 8.42 Å². The van der Waals surface area contributed by atoms with E-state index in [1.807, 2.05) is 69.3 Å². The predicted molar refractivity (Wildman–Crippen MR) is 220 cm³/mol. The topological polar surface area (TPSA) is 60.4 Å². The van der Waals surface area contributed by atoms with Crippen molar-refractivity contribution in [1.29, 1.82) is 0 Å². The van der Waals surface area contributed by atoms with E-state index in [4.69, 9.17) is 4.74 Å². The van der Waals surface area contributed by atoms with Crippen molar-refractivity contribution in [3.63, 3.8) is 0 Å². The molecule has 0 N–H and O–H groups in total. The average molecular weight is 735 g/mol. The van der Waals surface area contributed by atoms with Crippen LogP contribution in [0.4, 0.5) is 0 Å². The highest BCUT2D eigenvalue weighted by Gasteiger charge is 2.19. The number of aryl methyl sites for hydroxylation is 12. The van der Waals surface area contributed by atoms with E-state index in [1.165, 1.54) is 33.4 Å². The van der Waals surface area contributed by atoms with E-state index in [9.17, 15) is 13.2 Å². The molecule has 54 heavy (non-hydrogen) atoms. The zero-order chi connectivity index (χ0) is 38.7. The molecule has 6 rings (SSSR count). The molecule has 0 spiro atoms. The Morgan fingerprint density at radius 2 is 0.759 bits per heavy atom. The quantitative estimate of drug-likeness (QED) is 0.117.